The molecule has 8 nitrogen and oxygen atoms in total. The minimum Gasteiger partial charge on any atom is -0.463 e. The van der Waals surface area contributed by atoms with E-state index in [2.05, 4.69) is 13.2 Å². The lowest BCUT2D eigenvalue weighted by molar-refractivity contribution is -0.138. The van der Waals surface area contributed by atoms with Gasteiger partial charge in [-0.25, -0.2) is 19.2 Å². The lowest BCUT2D eigenvalue weighted by Gasteiger charge is -2.29. The summed E-state index contributed by atoms with van der Waals surface area (Å²) >= 11 is 0. The molecule has 3 aromatic rings. The SMILES string of the molecule is C=CC(=O)OCCC[C@H]1CC[C@H](c2ccc(C(=O)Oc3ccc(CC)cc3OC(=O)c3ccc([C@H]4CC[C@H](CCCOC(=O)C=C)CC4)cc3)cc2)CC1. The summed E-state index contributed by atoms with van der Waals surface area (Å²) in [6.07, 6.45) is 15.8. The summed E-state index contributed by atoms with van der Waals surface area (Å²) in [6, 6.07) is 20.6. The molecule has 2 fully saturated rings. The second kappa shape index (κ2) is 20.5. The molecule has 0 atom stereocenters. The minimum absolute atomic E-state index is 0.194. The molecule has 0 unspecified atom stereocenters. The summed E-state index contributed by atoms with van der Waals surface area (Å²) in [6.45, 7) is 9.74. The van der Waals surface area contributed by atoms with E-state index in [1.165, 1.54) is 23.3 Å². The Balaban J connectivity index is 1.11. The summed E-state index contributed by atoms with van der Waals surface area (Å²) < 4.78 is 21.9. The number of hydrogen-bond acceptors (Lipinski definition) is 8. The van der Waals surface area contributed by atoms with E-state index in [-0.39, 0.29) is 23.4 Å². The highest BCUT2D eigenvalue weighted by Crippen LogP contribution is 2.39. The summed E-state index contributed by atoms with van der Waals surface area (Å²) in [4.78, 5) is 49.1. The summed E-state index contributed by atoms with van der Waals surface area (Å²) in [5.74, 6) is 0.799. The van der Waals surface area contributed by atoms with Crippen molar-refractivity contribution < 1.29 is 38.1 Å². The highest BCUT2D eigenvalue weighted by atomic mass is 16.6. The van der Waals surface area contributed by atoms with Crippen molar-refractivity contribution >= 4 is 23.9 Å². The largest absolute Gasteiger partial charge is 0.463 e. The van der Waals surface area contributed by atoms with E-state index in [9.17, 15) is 19.2 Å². The van der Waals surface area contributed by atoms with Crippen LogP contribution in [0.15, 0.2) is 92.0 Å². The van der Waals surface area contributed by atoms with Gasteiger partial charge in [-0.2, -0.15) is 0 Å². The van der Waals surface area contributed by atoms with Crippen LogP contribution in [0.5, 0.6) is 11.5 Å². The van der Waals surface area contributed by atoms with Crippen LogP contribution in [0.25, 0.3) is 0 Å². The van der Waals surface area contributed by atoms with Crippen molar-refractivity contribution in [2.45, 2.75) is 102 Å². The van der Waals surface area contributed by atoms with Gasteiger partial charge in [0, 0.05) is 12.2 Å². The molecule has 286 valence electrons. The maximum atomic E-state index is 13.3. The molecular weight excluding hydrogens is 680 g/mol. The van der Waals surface area contributed by atoms with Gasteiger partial charge in [0.1, 0.15) is 0 Å². The van der Waals surface area contributed by atoms with Gasteiger partial charge in [0.05, 0.1) is 24.3 Å². The molecule has 2 aliphatic rings. The van der Waals surface area contributed by atoms with Crippen LogP contribution in [0.2, 0.25) is 0 Å². The molecule has 0 aliphatic heterocycles. The minimum atomic E-state index is -0.515. The molecule has 5 rings (SSSR count). The maximum absolute atomic E-state index is 13.3. The van der Waals surface area contributed by atoms with Crippen molar-refractivity contribution in [2.24, 2.45) is 11.8 Å². The Morgan fingerprint density at radius 3 is 1.43 bits per heavy atom. The maximum Gasteiger partial charge on any atom is 0.343 e. The molecule has 0 N–H and O–H groups in total. The fraction of sp³-hybridized carbons (Fsp3) is 0.435. The van der Waals surface area contributed by atoms with Crippen LogP contribution in [-0.4, -0.2) is 37.1 Å². The number of carbonyl (C=O) groups is 4. The van der Waals surface area contributed by atoms with Crippen LogP contribution >= 0.6 is 0 Å². The van der Waals surface area contributed by atoms with Crippen LogP contribution in [0.4, 0.5) is 0 Å². The first-order valence-electron chi connectivity index (χ1n) is 19.6. The number of carbonyl (C=O) groups excluding carboxylic acids is 4. The third-order valence-corrected chi connectivity index (χ3v) is 11.1. The number of aryl methyl sites for hydroxylation is 1. The molecule has 2 saturated carbocycles. The van der Waals surface area contributed by atoms with E-state index in [1.807, 2.05) is 61.5 Å². The Morgan fingerprint density at radius 2 is 1.02 bits per heavy atom. The van der Waals surface area contributed by atoms with Gasteiger partial charge in [-0.3, -0.25) is 0 Å². The Hall–Kier alpha value is -4.98. The van der Waals surface area contributed by atoms with Gasteiger partial charge in [-0.05, 0) is 160 Å². The van der Waals surface area contributed by atoms with Gasteiger partial charge in [-0.1, -0.05) is 50.4 Å². The van der Waals surface area contributed by atoms with Crippen molar-refractivity contribution in [3.8, 4) is 11.5 Å². The van der Waals surface area contributed by atoms with Crippen LogP contribution < -0.4 is 9.47 Å². The van der Waals surface area contributed by atoms with Crippen molar-refractivity contribution in [3.05, 3.63) is 120 Å². The van der Waals surface area contributed by atoms with Crippen molar-refractivity contribution in [2.75, 3.05) is 13.2 Å². The van der Waals surface area contributed by atoms with Gasteiger partial charge in [-0.15, -0.1) is 0 Å². The molecule has 0 bridgehead atoms. The van der Waals surface area contributed by atoms with E-state index < -0.39 is 11.9 Å². The lowest BCUT2D eigenvalue weighted by Crippen LogP contribution is -2.15. The Kier molecular flexibility index (Phi) is 15.2. The van der Waals surface area contributed by atoms with Gasteiger partial charge < -0.3 is 18.9 Å². The summed E-state index contributed by atoms with van der Waals surface area (Å²) in [5, 5.41) is 0. The number of ether oxygens (including phenoxy) is 4. The van der Waals surface area contributed by atoms with E-state index in [4.69, 9.17) is 18.9 Å². The average molecular weight is 735 g/mol. The molecule has 0 heterocycles. The zero-order valence-electron chi connectivity index (χ0n) is 31.6. The van der Waals surface area contributed by atoms with Crippen LogP contribution in [-0.2, 0) is 25.5 Å². The quantitative estimate of drug-likeness (QED) is 0.0584. The topological polar surface area (TPSA) is 105 Å². The highest BCUT2D eigenvalue weighted by molar-refractivity contribution is 5.93. The van der Waals surface area contributed by atoms with E-state index in [0.29, 0.717) is 48.0 Å². The van der Waals surface area contributed by atoms with Crippen molar-refractivity contribution in [1.82, 2.24) is 0 Å². The van der Waals surface area contributed by atoms with Crippen molar-refractivity contribution in [1.29, 1.82) is 0 Å². The lowest BCUT2D eigenvalue weighted by atomic mass is 9.77. The predicted octanol–water partition coefficient (Wildman–Crippen LogP) is 10.3. The van der Waals surface area contributed by atoms with Crippen LogP contribution in [0, 0.1) is 11.8 Å². The van der Waals surface area contributed by atoms with Gasteiger partial charge in [0.25, 0.3) is 0 Å². The molecule has 0 spiro atoms. The van der Waals surface area contributed by atoms with Crippen LogP contribution in [0.3, 0.4) is 0 Å². The molecule has 8 heteroatoms. The highest BCUT2D eigenvalue weighted by Gasteiger charge is 2.25. The first-order chi connectivity index (χ1) is 26.3. The molecule has 0 radical (unpaired) electrons. The standard InChI is InChI=1S/C46H54O8/c1-4-32-15-28-41(53-45(49)39-24-20-37(21-25-39)35-16-11-33(12-17-35)9-7-29-51-43(47)5-2)42(31-32)54-46(50)40-26-22-38(23-27-40)36-18-13-34(14-19-36)10-8-30-52-44(48)6-3/h5-6,15,20-28,31,33-36H,2-4,7-14,16-19,29-30H2,1H3/t33-,34-,35-,36-. The van der Waals surface area contributed by atoms with Crippen molar-refractivity contribution in [3.63, 3.8) is 0 Å². The third kappa shape index (κ3) is 11.8. The van der Waals surface area contributed by atoms with E-state index in [0.717, 1.165) is 89.0 Å². The van der Waals surface area contributed by atoms with Crippen LogP contribution in [0.1, 0.15) is 133 Å². The van der Waals surface area contributed by atoms with Gasteiger partial charge in [0.15, 0.2) is 11.5 Å². The second-order valence-corrected chi connectivity index (χ2v) is 14.6. The molecule has 0 saturated heterocycles. The average Bonchev–Trinajstić information content (AvgIpc) is 3.22. The Bertz CT molecular complexity index is 1730. The zero-order valence-corrected chi connectivity index (χ0v) is 31.6. The molecule has 54 heavy (non-hydrogen) atoms. The normalized spacial score (nSPS) is 19.6. The smallest absolute Gasteiger partial charge is 0.343 e. The Labute approximate surface area is 319 Å². The number of hydrogen-bond donors (Lipinski definition) is 0. The number of rotatable bonds is 17. The fourth-order valence-corrected chi connectivity index (χ4v) is 7.81. The summed E-state index contributed by atoms with van der Waals surface area (Å²) in [7, 11) is 0. The predicted molar refractivity (Wildman–Crippen MR) is 209 cm³/mol. The number of benzene rings is 3. The molecule has 3 aromatic carbocycles. The van der Waals surface area contributed by atoms with E-state index >= 15 is 0 Å². The molecule has 0 amide bonds. The molecular formula is C46H54O8. The van der Waals surface area contributed by atoms with Gasteiger partial charge >= 0.3 is 23.9 Å². The van der Waals surface area contributed by atoms with E-state index in [1.54, 1.807) is 12.1 Å². The first-order valence-corrected chi connectivity index (χ1v) is 19.6. The number of esters is 4. The fourth-order valence-electron chi connectivity index (χ4n) is 7.81. The molecule has 0 aromatic heterocycles. The Morgan fingerprint density at radius 1 is 0.593 bits per heavy atom. The third-order valence-electron chi connectivity index (χ3n) is 11.1. The van der Waals surface area contributed by atoms with Gasteiger partial charge in [0.2, 0.25) is 0 Å². The zero-order chi connectivity index (χ0) is 38.3. The second-order valence-electron chi connectivity index (χ2n) is 14.6. The molecule has 2 aliphatic carbocycles. The monoisotopic (exact) mass is 734 g/mol. The first kappa shape index (κ1) is 40.2. The summed E-state index contributed by atoms with van der Waals surface area (Å²) in [5.41, 5.74) is 4.24.